The third-order valence-electron chi connectivity index (χ3n) is 4.94. The van der Waals surface area contributed by atoms with Crippen LogP contribution in [-0.4, -0.2) is 12.2 Å². The van der Waals surface area contributed by atoms with Gasteiger partial charge in [0.1, 0.15) is 22.7 Å². The molecule has 0 bridgehead atoms. The second kappa shape index (κ2) is 6.32. The van der Waals surface area contributed by atoms with Crippen LogP contribution in [0.4, 0.5) is 0 Å². The van der Waals surface area contributed by atoms with Crippen molar-refractivity contribution in [2.45, 2.75) is 32.6 Å². The summed E-state index contributed by atoms with van der Waals surface area (Å²) in [4.78, 5) is 0. The number of phenolic OH excluding ortho intramolecular Hbond substituents is 1. The first-order valence-electron chi connectivity index (χ1n) is 8.87. The van der Waals surface area contributed by atoms with Crippen molar-refractivity contribution in [1.82, 2.24) is 0 Å². The van der Waals surface area contributed by atoms with Gasteiger partial charge in [-0.1, -0.05) is 38.0 Å². The number of hydrogen-bond acceptors (Lipinski definition) is 3. The number of phenols is 1. The van der Waals surface area contributed by atoms with Crippen LogP contribution in [0.15, 0.2) is 46.9 Å². The van der Waals surface area contributed by atoms with Crippen molar-refractivity contribution in [1.29, 1.82) is 0 Å². The molecule has 0 amide bonds. The standard InChI is InChI=1S/C22H22O3/c1-3-4-5-9-17-20-16-8-6-7-10-19(16)25-22(20)15-12-11-14(24-2)13-18(15)21(17)23/h6-8,10-13,23H,3-5,9H2,1-2H3. The van der Waals surface area contributed by atoms with Crippen LogP contribution in [-0.2, 0) is 6.42 Å². The molecule has 0 radical (unpaired) electrons. The molecule has 4 rings (SSSR count). The Hall–Kier alpha value is -2.68. The molecular weight excluding hydrogens is 312 g/mol. The van der Waals surface area contributed by atoms with E-state index >= 15 is 0 Å². The highest BCUT2D eigenvalue weighted by Gasteiger charge is 2.19. The van der Waals surface area contributed by atoms with Crippen molar-refractivity contribution in [3.63, 3.8) is 0 Å². The van der Waals surface area contributed by atoms with Crippen molar-refractivity contribution >= 4 is 32.7 Å². The topological polar surface area (TPSA) is 42.6 Å². The van der Waals surface area contributed by atoms with Gasteiger partial charge in [0.2, 0.25) is 0 Å². The average Bonchev–Trinajstić information content (AvgIpc) is 3.03. The van der Waals surface area contributed by atoms with E-state index in [9.17, 15) is 5.11 Å². The van der Waals surface area contributed by atoms with Gasteiger partial charge in [0, 0.05) is 27.1 Å². The van der Waals surface area contributed by atoms with Gasteiger partial charge < -0.3 is 14.3 Å². The van der Waals surface area contributed by atoms with Gasteiger partial charge in [-0.3, -0.25) is 0 Å². The Morgan fingerprint density at radius 3 is 2.64 bits per heavy atom. The summed E-state index contributed by atoms with van der Waals surface area (Å²) < 4.78 is 11.5. The number of aromatic hydroxyl groups is 1. The first kappa shape index (κ1) is 15.8. The summed E-state index contributed by atoms with van der Waals surface area (Å²) >= 11 is 0. The maximum absolute atomic E-state index is 11.0. The normalized spacial score (nSPS) is 11.6. The van der Waals surface area contributed by atoms with Gasteiger partial charge in [0.05, 0.1) is 7.11 Å². The first-order chi connectivity index (χ1) is 12.2. The van der Waals surface area contributed by atoms with E-state index in [1.165, 1.54) is 0 Å². The fraction of sp³-hybridized carbons (Fsp3) is 0.273. The molecule has 0 aliphatic carbocycles. The van der Waals surface area contributed by atoms with Crippen LogP contribution in [0.1, 0.15) is 31.7 Å². The maximum atomic E-state index is 11.0. The molecule has 25 heavy (non-hydrogen) atoms. The lowest BCUT2D eigenvalue weighted by Crippen LogP contribution is -1.91. The molecule has 0 fully saturated rings. The second-order valence-corrected chi connectivity index (χ2v) is 6.50. The summed E-state index contributed by atoms with van der Waals surface area (Å²) in [5.74, 6) is 1.09. The summed E-state index contributed by atoms with van der Waals surface area (Å²) in [6, 6.07) is 13.8. The number of unbranched alkanes of at least 4 members (excludes halogenated alkanes) is 2. The van der Waals surface area contributed by atoms with Crippen LogP contribution in [0.5, 0.6) is 11.5 Å². The summed E-state index contributed by atoms with van der Waals surface area (Å²) in [5, 5.41) is 14.9. The van der Waals surface area contributed by atoms with Crippen LogP contribution in [0.2, 0.25) is 0 Å². The lowest BCUT2D eigenvalue weighted by molar-refractivity contribution is 0.415. The highest BCUT2D eigenvalue weighted by Crippen LogP contribution is 2.43. The number of rotatable bonds is 5. The minimum Gasteiger partial charge on any atom is -0.507 e. The molecule has 0 aliphatic heterocycles. The number of methoxy groups -OCH3 is 1. The smallest absolute Gasteiger partial charge is 0.143 e. The van der Waals surface area contributed by atoms with E-state index in [2.05, 4.69) is 13.0 Å². The molecule has 4 aromatic rings. The van der Waals surface area contributed by atoms with Gasteiger partial charge in [0.15, 0.2) is 0 Å². The summed E-state index contributed by atoms with van der Waals surface area (Å²) in [7, 11) is 1.64. The third-order valence-corrected chi connectivity index (χ3v) is 4.94. The van der Waals surface area contributed by atoms with Crippen LogP contribution in [0.3, 0.4) is 0 Å². The fourth-order valence-corrected chi connectivity index (χ4v) is 3.66. The van der Waals surface area contributed by atoms with Crippen molar-refractivity contribution in [2.75, 3.05) is 7.11 Å². The Bertz CT molecular complexity index is 1060. The second-order valence-electron chi connectivity index (χ2n) is 6.50. The molecule has 0 saturated carbocycles. The predicted molar refractivity (Wildman–Crippen MR) is 103 cm³/mol. The van der Waals surface area contributed by atoms with Crippen molar-refractivity contribution in [2.24, 2.45) is 0 Å². The number of para-hydroxylation sites is 1. The Kier molecular flexibility index (Phi) is 4.00. The molecule has 3 nitrogen and oxygen atoms in total. The fourth-order valence-electron chi connectivity index (χ4n) is 3.66. The molecule has 1 heterocycles. The predicted octanol–water partition coefficient (Wildman–Crippen LogP) is 6.19. The first-order valence-corrected chi connectivity index (χ1v) is 8.87. The van der Waals surface area contributed by atoms with Gasteiger partial charge in [-0.05, 0) is 37.1 Å². The molecule has 0 saturated heterocycles. The summed E-state index contributed by atoms with van der Waals surface area (Å²) in [6.45, 7) is 2.19. The van der Waals surface area contributed by atoms with Crippen LogP contribution in [0, 0.1) is 0 Å². The van der Waals surface area contributed by atoms with Crippen LogP contribution < -0.4 is 4.74 Å². The zero-order chi connectivity index (χ0) is 17.4. The van der Waals surface area contributed by atoms with Crippen LogP contribution in [0.25, 0.3) is 32.7 Å². The number of ether oxygens (including phenoxy) is 1. The maximum Gasteiger partial charge on any atom is 0.143 e. The van der Waals surface area contributed by atoms with E-state index in [4.69, 9.17) is 9.15 Å². The molecule has 0 atom stereocenters. The highest BCUT2D eigenvalue weighted by molar-refractivity contribution is 6.18. The SMILES string of the molecule is CCCCCc1c(O)c2cc(OC)ccc2c2oc3ccccc3c12. The summed E-state index contributed by atoms with van der Waals surface area (Å²) in [5.41, 5.74) is 2.69. The van der Waals surface area contributed by atoms with Gasteiger partial charge >= 0.3 is 0 Å². The van der Waals surface area contributed by atoms with E-state index in [0.717, 1.165) is 69.7 Å². The number of aryl methyl sites for hydroxylation is 1. The molecule has 0 unspecified atom stereocenters. The molecule has 1 N–H and O–H groups in total. The lowest BCUT2D eigenvalue weighted by atomic mass is 9.95. The monoisotopic (exact) mass is 334 g/mol. The summed E-state index contributed by atoms with van der Waals surface area (Å²) in [6.07, 6.45) is 4.19. The zero-order valence-corrected chi connectivity index (χ0v) is 14.6. The number of furan rings is 1. The van der Waals surface area contributed by atoms with Crippen molar-refractivity contribution in [3.05, 3.63) is 48.0 Å². The van der Waals surface area contributed by atoms with E-state index in [1.54, 1.807) is 7.11 Å². The minimum atomic E-state index is 0.351. The molecule has 3 aromatic carbocycles. The number of benzene rings is 3. The Balaban J connectivity index is 2.10. The van der Waals surface area contributed by atoms with E-state index in [0.29, 0.717) is 5.75 Å². The van der Waals surface area contributed by atoms with E-state index in [1.807, 2.05) is 36.4 Å². The van der Waals surface area contributed by atoms with Gasteiger partial charge in [-0.15, -0.1) is 0 Å². The average molecular weight is 334 g/mol. The molecule has 1 aromatic heterocycles. The Morgan fingerprint density at radius 1 is 1.00 bits per heavy atom. The van der Waals surface area contributed by atoms with Gasteiger partial charge in [-0.2, -0.15) is 0 Å². The molecule has 128 valence electrons. The largest absolute Gasteiger partial charge is 0.507 e. The van der Waals surface area contributed by atoms with Gasteiger partial charge in [-0.25, -0.2) is 0 Å². The van der Waals surface area contributed by atoms with Crippen LogP contribution >= 0.6 is 0 Å². The Morgan fingerprint density at radius 2 is 1.84 bits per heavy atom. The molecular formula is C22H22O3. The lowest BCUT2D eigenvalue weighted by Gasteiger charge is -2.11. The third kappa shape index (κ3) is 2.51. The Labute approximate surface area is 146 Å². The number of fused-ring (bicyclic) bond motifs is 5. The minimum absolute atomic E-state index is 0.351. The zero-order valence-electron chi connectivity index (χ0n) is 14.6. The van der Waals surface area contributed by atoms with Gasteiger partial charge in [0.25, 0.3) is 0 Å². The van der Waals surface area contributed by atoms with Crippen molar-refractivity contribution < 1.29 is 14.3 Å². The van der Waals surface area contributed by atoms with E-state index < -0.39 is 0 Å². The van der Waals surface area contributed by atoms with Crippen molar-refractivity contribution in [3.8, 4) is 11.5 Å². The molecule has 0 aliphatic rings. The number of hydrogen-bond donors (Lipinski definition) is 1. The highest BCUT2D eigenvalue weighted by atomic mass is 16.5. The molecule has 0 spiro atoms. The van der Waals surface area contributed by atoms with E-state index in [-0.39, 0.29) is 0 Å². The molecule has 3 heteroatoms. The quantitative estimate of drug-likeness (QED) is 0.443.